The number of hydrogen-bond acceptors (Lipinski definition) is 2. The van der Waals surface area contributed by atoms with E-state index in [-0.39, 0.29) is 11.6 Å². The van der Waals surface area contributed by atoms with E-state index in [9.17, 15) is 9.59 Å². The lowest BCUT2D eigenvalue weighted by Gasteiger charge is -2.18. The standard InChI is InChI=1S/C28H40O2/c1-3-4-5-6-7-8-9-10-11-12-13-14-15-16-17-20-24-23(2)27(29)25-21-18-19-22-26(25)28(24)30/h10-11,18-19,21-22H,3-9,12-17,20H2,1-2H3/b11-10+. The molecule has 2 nitrogen and oxygen atoms in total. The molecule has 30 heavy (non-hydrogen) atoms. The number of carbonyl (C=O) groups excluding carboxylic acids is 2. The first-order valence-electron chi connectivity index (χ1n) is 12.2. The topological polar surface area (TPSA) is 34.1 Å². The smallest absolute Gasteiger partial charge is 0.190 e. The Morgan fingerprint density at radius 1 is 0.667 bits per heavy atom. The van der Waals surface area contributed by atoms with Crippen molar-refractivity contribution in [3.05, 3.63) is 58.7 Å². The number of benzene rings is 1. The molecule has 0 saturated carbocycles. The fraction of sp³-hybridized carbons (Fsp3) is 0.571. The number of carbonyl (C=O) groups is 2. The average Bonchev–Trinajstić information content (AvgIpc) is 2.77. The summed E-state index contributed by atoms with van der Waals surface area (Å²) in [5.41, 5.74) is 2.52. The van der Waals surface area contributed by atoms with Crippen molar-refractivity contribution in [2.24, 2.45) is 0 Å². The van der Waals surface area contributed by atoms with Crippen molar-refractivity contribution in [3.63, 3.8) is 0 Å². The van der Waals surface area contributed by atoms with Gasteiger partial charge in [0.25, 0.3) is 0 Å². The van der Waals surface area contributed by atoms with Crippen LogP contribution in [-0.2, 0) is 0 Å². The Labute approximate surface area is 183 Å². The van der Waals surface area contributed by atoms with E-state index in [4.69, 9.17) is 0 Å². The molecule has 0 radical (unpaired) electrons. The fourth-order valence-corrected chi connectivity index (χ4v) is 4.22. The molecule has 2 rings (SSSR count). The molecule has 1 aromatic carbocycles. The third kappa shape index (κ3) is 7.70. The summed E-state index contributed by atoms with van der Waals surface area (Å²) < 4.78 is 0. The van der Waals surface area contributed by atoms with Gasteiger partial charge in [-0.3, -0.25) is 9.59 Å². The molecule has 0 heterocycles. The number of ketones is 2. The summed E-state index contributed by atoms with van der Waals surface area (Å²) in [4.78, 5) is 25.3. The van der Waals surface area contributed by atoms with Crippen LogP contribution in [0.25, 0.3) is 0 Å². The summed E-state index contributed by atoms with van der Waals surface area (Å²) in [6.45, 7) is 4.07. The van der Waals surface area contributed by atoms with Gasteiger partial charge in [-0.05, 0) is 45.4 Å². The Bertz CT molecular complexity index is 739. The lowest BCUT2D eigenvalue weighted by molar-refractivity contribution is 0.0971. The molecule has 0 aliphatic heterocycles. The summed E-state index contributed by atoms with van der Waals surface area (Å²) in [5, 5.41) is 0. The molecule has 1 aliphatic rings. The number of hydrogen-bond donors (Lipinski definition) is 0. The molecule has 2 heteroatoms. The first-order valence-corrected chi connectivity index (χ1v) is 12.2. The largest absolute Gasteiger partial charge is 0.289 e. The van der Waals surface area contributed by atoms with E-state index < -0.39 is 0 Å². The zero-order valence-electron chi connectivity index (χ0n) is 19.2. The van der Waals surface area contributed by atoms with E-state index in [1.165, 1.54) is 70.6 Å². The molecule has 0 saturated heterocycles. The van der Waals surface area contributed by atoms with Crippen molar-refractivity contribution >= 4 is 11.6 Å². The monoisotopic (exact) mass is 408 g/mol. The molecule has 0 amide bonds. The van der Waals surface area contributed by atoms with E-state index in [1.54, 1.807) is 12.1 Å². The molecule has 0 N–H and O–H groups in total. The molecule has 0 spiro atoms. The first kappa shape index (κ1) is 24.3. The zero-order chi connectivity index (χ0) is 21.6. The van der Waals surface area contributed by atoms with Crippen LogP contribution in [0, 0.1) is 0 Å². The van der Waals surface area contributed by atoms with Gasteiger partial charge in [-0.25, -0.2) is 0 Å². The Morgan fingerprint density at radius 2 is 1.17 bits per heavy atom. The van der Waals surface area contributed by atoms with Gasteiger partial charge in [0.2, 0.25) is 0 Å². The molecular formula is C28H40O2. The van der Waals surface area contributed by atoms with Gasteiger partial charge >= 0.3 is 0 Å². The van der Waals surface area contributed by atoms with Gasteiger partial charge in [0.1, 0.15) is 0 Å². The summed E-state index contributed by atoms with van der Waals surface area (Å²) in [5.74, 6) is 0.0751. The zero-order valence-corrected chi connectivity index (χ0v) is 19.2. The predicted octanol–water partition coefficient (Wildman–Crippen LogP) is 8.42. The minimum absolute atomic E-state index is 0.0212. The lowest BCUT2D eigenvalue weighted by Crippen LogP contribution is -2.20. The molecule has 0 unspecified atom stereocenters. The molecular weight excluding hydrogens is 368 g/mol. The molecule has 0 bridgehead atoms. The molecule has 1 aromatic rings. The molecule has 0 fully saturated rings. The van der Waals surface area contributed by atoms with E-state index in [1.807, 2.05) is 19.1 Å². The summed E-state index contributed by atoms with van der Waals surface area (Å²) in [6.07, 6.45) is 21.9. The van der Waals surface area contributed by atoms with Crippen molar-refractivity contribution < 1.29 is 9.59 Å². The van der Waals surface area contributed by atoms with Gasteiger partial charge in [-0.15, -0.1) is 0 Å². The molecule has 164 valence electrons. The van der Waals surface area contributed by atoms with Crippen LogP contribution in [0.2, 0.25) is 0 Å². The van der Waals surface area contributed by atoms with Gasteiger partial charge in [-0.2, -0.15) is 0 Å². The number of fused-ring (bicyclic) bond motifs is 1. The highest BCUT2D eigenvalue weighted by Gasteiger charge is 2.28. The SMILES string of the molecule is CCCCCCCC/C=C/CCCCCCCC1=C(C)C(=O)c2ccccc2C1=O. The van der Waals surface area contributed by atoms with Crippen molar-refractivity contribution in [2.45, 2.75) is 104 Å². The van der Waals surface area contributed by atoms with Crippen molar-refractivity contribution in [2.75, 3.05) is 0 Å². The number of unbranched alkanes of at least 4 members (excludes halogenated alkanes) is 11. The van der Waals surface area contributed by atoms with E-state index in [0.29, 0.717) is 16.7 Å². The third-order valence-corrected chi connectivity index (χ3v) is 6.17. The summed E-state index contributed by atoms with van der Waals surface area (Å²) in [6, 6.07) is 7.20. The second-order valence-electron chi connectivity index (χ2n) is 8.64. The third-order valence-electron chi connectivity index (χ3n) is 6.17. The summed E-state index contributed by atoms with van der Waals surface area (Å²) >= 11 is 0. The maximum Gasteiger partial charge on any atom is 0.190 e. The van der Waals surface area contributed by atoms with Crippen molar-refractivity contribution in [1.29, 1.82) is 0 Å². The average molecular weight is 409 g/mol. The van der Waals surface area contributed by atoms with Gasteiger partial charge < -0.3 is 0 Å². The van der Waals surface area contributed by atoms with Gasteiger partial charge in [-0.1, -0.05) is 94.7 Å². The van der Waals surface area contributed by atoms with E-state index in [0.717, 1.165) is 24.8 Å². The van der Waals surface area contributed by atoms with Crippen LogP contribution in [-0.4, -0.2) is 11.6 Å². The maximum atomic E-state index is 12.7. The second kappa shape index (κ2) is 14.1. The molecule has 0 aromatic heterocycles. The van der Waals surface area contributed by atoms with Crippen LogP contribution in [0.1, 0.15) is 124 Å². The normalized spacial score (nSPS) is 14.1. The van der Waals surface area contributed by atoms with E-state index >= 15 is 0 Å². The lowest BCUT2D eigenvalue weighted by atomic mass is 9.82. The van der Waals surface area contributed by atoms with Crippen LogP contribution in [0.4, 0.5) is 0 Å². The molecule has 1 aliphatic carbocycles. The van der Waals surface area contributed by atoms with Gasteiger partial charge in [0.15, 0.2) is 11.6 Å². The minimum Gasteiger partial charge on any atom is -0.289 e. The highest BCUT2D eigenvalue weighted by atomic mass is 16.1. The highest BCUT2D eigenvalue weighted by molar-refractivity contribution is 6.26. The molecule has 0 atom stereocenters. The Morgan fingerprint density at radius 3 is 1.77 bits per heavy atom. The fourth-order valence-electron chi connectivity index (χ4n) is 4.22. The number of rotatable bonds is 15. The van der Waals surface area contributed by atoms with Crippen LogP contribution < -0.4 is 0 Å². The Balaban J connectivity index is 1.54. The first-order chi connectivity index (χ1) is 14.7. The quantitative estimate of drug-likeness (QED) is 0.215. The minimum atomic E-state index is 0.0212. The highest BCUT2D eigenvalue weighted by Crippen LogP contribution is 2.29. The maximum absolute atomic E-state index is 12.7. The number of allylic oxidation sites excluding steroid dienone is 4. The van der Waals surface area contributed by atoms with Crippen LogP contribution in [0.5, 0.6) is 0 Å². The van der Waals surface area contributed by atoms with Crippen LogP contribution in [0.3, 0.4) is 0 Å². The predicted molar refractivity (Wildman–Crippen MR) is 127 cm³/mol. The van der Waals surface area contributed by atoms with Crippen molar-refractivity contribution in [1.82, 2.24) is 0 Å². The van der Waals surface area contributed by atoms with Gasteiger partial charge in [0.05, 0.1) is 0 Å². The van der Waals surface area contributed by atoms with Crippen LogP contribution >= 0.6 is 0 Å². The second-order valence-corrected chi connectivity index (χ2v) is 8.64. The van der Waals surface area contributed by atoms with Crippen LogP contribution in [0.15, 0.2) is 47.6 Å². The van der Waals surface area contributed by atoms with Crippen molar-refractivity contribution in [3.8, 4) is 0 Å². The Hall–Kier alpha value is -1.96. The Kier molecular flexibility index (Phi) is 11.4. The number of Topliss-reactive ketones (excluding diaryl/α,β-unsaturated/α-hetero) is 2. The van der Waals surface area contributed by atoms with Gasteiger partial charge in [0, 0.05) is 22.3 Å². The summed E-state index contributed by atoms with van der Waals surface area (Å²) in [7, 11) is 0. The van der Waals surface area contributed by atoms with E-state index in [2.05, 4.69) is 19.1 Å².